The molecule has 0 radical (unpaired) electrons. The highest BCUT2D eigenvalue weighted by molar-refractivity contribution is 5.77. The highest BCUT2D eigenvalue weighted by Crippen LogP contribution is 2.37. The standard InChI is InChI=1S/C14H20N4O2/c1-3-4-6-14(15-16-14)7-5-13(20)18-10-8-17(9-11-18)12(2)19/h1H,4-11H2,2H3. The van der Waals surface area contributed by atoms with Gasteiger partial charge >= 0.3 is 0 Å². The minimum absolute atomic E-state index is 0.0703. The van der Waals surface area contributed by atoms with Gasteiger partial charge in [-0.15, -0.1) is 12.3 Å². The molecule has 2 rings (SSSR count). The van der Waals surface area contributed by atoms with E-state index in [1.165, 1.54) is 0 Å². The van der Waals surface area contributed by atoms with Crippen LogP contribution >= 0.6 is 0 Å². The summed E-state index contributed by atoms with van der Waals surface area (Å²) in [6.07, 6.45) is 7.68. The number of amides is 2. The summed E-state index contributed by atoms with van der Waals surface area (Å²) in [5.41, 5.74) is -0.386. The first-order chi connectivity index (χ1) is 9.56. The van der Waals surface area contributed by atoms with E-state index in [0.717, 1.165) is 6.42 Å². The zero-order chi connectivity index (χ0) is 14.6. The van der Waals surface area contributed by atoms with Gasteiger partial charge in [0.05, 0.1) is 0 Å². The van der Waals surface area contributed by atoms with E-state index in [2.05, 4.69) is 16.1 Å². The zero-order valence-corrected chi connectivity index (χ0v) is 11.8. The van der Waals surface area contributed by atoms with Crippen LogP contribution < -0.4 is 0 Å². The summed E-state index contributed by atoms with van der Waals surface area (Å²) in [6, 6.07) is 0. The summed E-state index contributed by atoms with van der Waals surface area (Å²) in [6.45, 7) is 4.03. The predicted molar refractivity (Wildman–Crippen MR) is 73.7 cm³/mol. The molecule has 2 heterocycles. The molecule has 1 fully saturated rings. The van der Waals surface area contributed by atoms with E-state index in [9.17, 15) is 9.59 Å². The first-order valence-corrected chi connectivity index (χ1v) is 6.97. The van der Waals surface area contributed by atoms with E-state index < -0.39 is 0 Å². The number of piperazine rings is 1. The fourth-order valence-electron chi connectivity index (χ4n) is 2.40. The molecule has 0 N–H and O–H groups in total. The topological polar surface area (TPSA) is 65.3 Å². The summed E-state index contributed by atoms with van der Waals surface area (Å²) in [5.74, 6) is 2.76. The molecule has 0 unspecified atom stereocenters. The van der Waals surface area contributed by atoms with Gasteiger partial charge in [0.1, 0.15) is 0 Å². The van der Waals surface area contributed by atoms with Crippen LogP contribution in [0.15, 0.2) is 10.2 Å². The van der Waals surface area contributed by atoms with Gasteiger partial charge in [-0.2, -0.15) is 10.2 Å². The van der Waals surface area contributed by atoms with E-state index in [4.69, 9.17) is 6.42 Å². The lowest BCUT2D eigenvalue weighted by molar-refractivity contribution is -0.138. The van der Waals surface area contributed by atoms with Crippen molar-refractivity contribution in [2.45, 2.75) is 38.3 Å². The number of rotatable bonds is 5. The fraction of sp³-hybridized carbons (Fsp3) is 0.714. The van der Waals surface area contributed by atoms with Gasteiger partial charge in [-0.25, -0.2) is 0 Å². The maximum absolute atomic E-state index is 12.1. The Kier molecular flexibility index (Phi) is 4.38. The molecule has 20 heavy (non-hydrogen) atoms. The Morgan fingerprint density at radius 2 is 1.75 bits per heavy atom. The van der Waals surface area contributed by atoms with Crippen molar-refractivity contribution in [3.8, 4) is 12.3 Å². The molecule has 0 bridgehead atoms. The molecular formula is C14H20N4O2. The van der Waals surface area contributed by atoms with E-state index >= 15 is 0 Å². The molecule has 1 saturated heterocycles. The lowest BCUT2D eigenvalue weighted by atomic mass is 10.0. The van der Waals surface area contributed by atoms with Gasteiger partial charge in [-0.05, 0) is 0 Å². The molecule has 0 aromatic rings. The highest BCUT2D eigenvalue weighted by Gasteiger charge is 2.39. The maximum Gasteiger partial charge on any atom is 0.222 e. The summed E-state index contributed by atoms with van der Waals surface area (Å²) < 4.78 is 0. The van der Waals surface area contributed by atoms with E-state index in [1.807, 2.05) is 4.90 Å². The number of carbonyl (C=O) groups is 2. The Balaban J connectivity index is 1.71. The molecule has 6 heteroatoms. The minimum Gasteiger partial charge on any atom is -0.339 e. The first-order valence-electron chi connectivity index (χ1n) is 6.97. The summed E-state index contributed by atoms with van der Waals surface area (Å²) >= 11 is 0. The number of carbonyl (C=O) groups excluding carboxylic acids is 2. The Morgan fingerprint density at radius 1 is 1.15 bits per heavy atom. The van der Waals surface area contributed by atoms with Gasteiger partial charge in [0.25, 0.3) is 0 Å². The minimum atomic E-state index is -0.386. The summed E-state index contributed by atoms with van der Waals surface area (Å²) in [7, 11) is 0. The Bertz CT molecular complexity index is 452. The van der Waals surface area contributed by atoms with Crippen LogP contribution in [0.1, 0.15) is 32.6 Å². The largest absolute Gasteiger partial charge is 0.339 e. The van der Waals surface area contributed by atoms with Crippen molar-refractivity contribution in [3.05, 3.63) is 0 Å². The van der Waals surface area contributed by atoms with Gasteiger partial charge in [-0.3, -0.25) is 9.59 Å². The number of hydrogen-bond donors (Lipinski definition) is 0. The third kappa shape index (κ3) is 3.56. The molecule has 6 nitrogen and oxygen atoms in total. The number of nitrogens with zero attached hydrogens (tertiary/aromatic N) is 4. The van der Waals surface area contributed by atoms with Crippen molar-refractivity contribution in [2.24, 2.45) is 10.2 Å². The average molecular weight is 276 g/mol. The zero-order valence-electron chi connectivity index (χ0n) is 11.8. The summed E-state index contributed by atoms with van der Waals surface area (Å²) in [4.78, 5) is 26.9. The Hall–Kier alpha value is -1.90. The van der Waals surface area contributed by atoms with Crippen LogP contribution in [0.4, 0.5) is 0 Å². The highest BCUT2D eigenvalue weighted by atomic mass is 16.2. The van der Waals surface area contributed by atoms with Crippen molar-refractivity contribution in [3.63, 3.8) is 0 Å². The Labute approximate surface area is 119 Å². The number of hydrogen-bond acceptors (Lipinski definition) is 4. The van der Waals surface area contributed by atoms with Crippen LogP contribution in [0.2, 0.25) is 0 Å². The second-order valence-electron chi connectivity index (χ2n) is 5.27. The van der Waals surface area contributed by atoms with Gasteiger partial charge < -0.3 is 9.80 Å². The van der Waals surface area contributed by atoms with E-state index in [1.54, 1.807) is 11.8 Å². The third-order valence-corrected chi connectivity index (χ3v) is 3.87. The molecule has 0 atom stereocenters. The number of terminal acetylenes is 1. The van der Waals surface area contributed by atoms with Gasteiger partial charge in [0.15, 0.2) is 5.66 Å². The first kappa shape index (κ1) is 14.5. The monoisotopic (exact) mass is 276 g/mol. The van der Waals surface area contributed by atoms with Crippen LogP contribution in [-0.2, 0) is 9.59 Å². The summed E-state index contributed by atoms with van der Waals surface area (Å²) in [5, 5.41) is 8.06. The van der Waals surface area contributed by atoms with Crippen LogP contribution in [0, 0.1) is 12.3 Å². The molecule has 0 aliphatic carbocycles. The third-order valence-electron chi connectivity index (χ3n) is 3.87. The quantitative estimate of drug-likeness (QED) is 0.704. The van der Waals surface area contributed by atoms with Crippen LogP contribution in [0.3, 0.4) is 0 Å². The van der Waals surface area contributed by atoms with Gasteiger partial charge in [0, 0.05) is 58.8 Å². The van der Waals surface area contributed by atoms with Gasteiger partial charge in [-0.1, -0.05) is 0 Å². The molecule has 0 aromatic carbocycles. The van der Waals surface area contributed by atoms with E-state index in [-0.39, 0.29) is 17.5 Å². The van der Waals surface area contributed by atoms with Crippen molar-refractivity contribution >= 4 is 11.8 Å². The normalized spacial score (nSPS) is 19.6. The molecule has 2 aliphatic heterocycles. The second-order valence-corrected chi connectivity index (χ2v) is 5.27. The van der Waals surface area contributed by atoms with Crippen LogP contribution in [0.25, 0.3) is 0 Å². The van der Waals surface area contributed by atoms with Crippen molar-refractivity contribution in [2.75, 3.05) is 26.2 Å². The molecule has 2 amide bonds. The van der Waals surface area contributed by atoms with Crippen molar-refractivity contribution < 1.29 is 9.59 Å². The van der Waals surface area contributed by atoms with Crippen molar-refractivity contribution in [1.82, 2.24) is 9.80 Å². The van der Waals surface area contributed by atoms with Crippen LogP contribution in [0.5, 0.6) is 0 Å². The fourth-order valence-corrected chi connectivity index (χ4v) is 2.40. The molecule has 108 valence electrons. The molecule has 0 aromatic heterocycles. The van der Waals surface area contributed by atoms with E-state index in [0.29, 0.717) is 45.4 Å². The SMILES string of the molecule is C#CCCC1(CCC(=O)N2CCN(C(C)=O)CC2)N=N1. The second kappa shape index (κ2) is 6.04. The molecular weight excluding hydrogens is 256 g/mol. The Morgan fingerprint density at radius 3 is 2.25 bits per heavy atom. The van der Waals surface area contributed by atoms with Gasteiger partial charge in [0.2, 0.25) is 11.8 Å². The smallest absolute Gasteiger partial charge is 0.222 e. The maximum atomic E-state index is 12.1. The van der Waals surface area contributed by atoms with Crippen molar-refractivity contribution in [1.29, 1.82) is 0 Å². The van der Waals surface area contributed by atoms with Crippen LogP contribution in [-0.4, -0.2) is 53.5 Å². The lowest BCUT2D eigenvalue weighted by Gasteiger charge is -2.34. The average Bonchev–Trinajstić information content (AvgIpc) is 3.23. The predicted octanol–water partition coefficient (Wildman–Crippen LogP) is 1.03. The molecule has 0 saturated carbocycles. The molecule has 2 aliphatic rings. The lowest BCUT2D eigenvalue weighted by Crippen LogP contribution is -2.50. The molecule has 0 spiro atoms.